The van der Waals surface area contributed by atoms with Crippen LogP contribution in [0, 0.1) is 0 Å². The summed E-state index contributed by atoms with van der Waals surface area (Å²) >= 11 is 0. The zero-order valence-corrected chi connectivity index (χ0v) is 11.3. The Morgan fingerprint density at radius 1 is 1.32 bits per heavy atom. The Morgan fingerprint density at radius 2 is 2.11 bits per heavy atom. The zero-order valence-electron chi connectivity index (χ0n) is 11.3. The van der Waals surface area contributed by atoms with Crippen LogP contribution in [0.5, 0.6) is 0 Å². The Kier molecular flexibility index (Phi) is 4.61. The van der Waals surface area contributed by atoms with Crippen molar-refractivity contribution in [3.63, 3.8) is 0 Å². The van der Waals surface area contributed by atoms with E-state index in [2.05, 4.69) is 6.92 Å². The van der Waals surface area contributed by atoms with Crippen molar-refractivity contribution >= 4 is 16.9 Å². The van der Waals surface area contributed by atoms with Crippen molar-refractivity contribution in [1.82, 2.24) is 0 Å². The second-order valence-electron chi connectivity index (χ2n) is 4.98. The standard InChI is InChI=1S/C16H20O3/c1-2-3-4-7-13(11-16(17)18)15-10-12-8-5-6-9-14(12)19-15/h5-6,8-10,13H,2-4,7,11H2,1H3,(H,17,18). The van der Waals surface area contributed by atoms with Gasteiger partial charge in [-0.3, -0.25) is 4.79 Å². The summed E-state index contributed by atoms with van der Waals surface area (Å²) < 4.78 is 5.80. The molecule has 2 rings (SSSR count). The molecular weight excluding hydrogens is 240 g/mol. The average molecular weight is 260 g/mol. The third-order valence-corrected chi connectivity index (χ3v) is 3.42. The zero-order chi connectivity index (χ0) is 13.7. The lowest BCUT2D eigenvalue weighted by Crippen LogP contribution is -2.05. The highest BCUT2D eigenvalue weighted by molar-refractivity contribution is 5.78. The van der Waals surface area contributed by atoms with E-state index in [1.807, 2.05) is 30.3 Å². The molecule has 1 N–H and O–H groups in total. The number of benzene rings is 1. The fourth-order valence-electron chi connectivity index (χ4n) is 2.40. The summed E-state index contributed by atoms with van der Waals surface area (Å²) in [5.41, 5.74) is 0.836. The van der Waals surface area contributed by atoms with Gasteiger partial charge in [0.15, 0.2) is 0 Å². The van der Waals surface area contributed by atoms with E-state index in [4.69, 9.17) is 9.52 Å². The lowest BCUT2D eigenvalue weighted by atomic mass is 9.95. The fraction of sp³-hybridized carbons (Fsp3) is 0.438. The number of rotatable bonds is 7. The molecule has 102 valence electrons. The maximum absolute atomic E-state index is 11.0. The van der Waals surface area contributed by atoms with Crippen molar-refractivity contribution in [3.8, 4) is 0 Å². The molecule has 0 aliphatic heterocycles. The lowest BCUT2D eigenvalue weighted by molar-refractivity contribution is -0.137. The van der Waals surface area contributed by atoms with Crippen molar-refractivity contribution in [3.05, 3.63) is 36.1 Å². The predicted molar refractivity (Wildman–Crippen MR) is 75.3 cm³/mol. The van der Waals surface area contributed by atoms with Gasteiger partial charge < -0.3 is 9.52 Å². The van der Waals surface area contributed by atoms with Crippen LogP contribution in [-0.4, -0.2) is 11.1 Å². The van der Waals surface area contributed by atoms with Gasteiger partial charge in [0.25, 0.3) is 0 Å². The van der Waals surface area contributed by atoms with E-state index in [-0.39, 0.29) is 12.3 Å². The summed E-state index contributed by atoms with van der Waals surface area (Å²) in [6.07, 6.45) is 4.34. The quantitative estimate of drug-likeness (QED) is 0.742. The van der Waals surface area contributed by atoms with Crippen LogP contribution in [0.3, 0.4) is 0 Å². The van der Waals surface area contributed by atoms with E-state index >= 15 is 0 Å². The summed E-state index contributed by atoms with van der Waals surface area (Å²) in [6, 6.07) is 9.79. The molecule has 1 aromatic heterocycles. The molecule has 1 heterocycles. The Labute approximate surface area is 113 Å². The monoisotopic (exact) mass is 260 g/mol. The van der Waals surface area contributed by atoms with Crippen LogP contribution in [0.2, 0.25) is 0 Å². The number of carbonyl (C=O) groups is 1. The molecule has 2 aromatic rings. The number of hydrogen-bond acceptors (Lipinski definition) is 2. The number of fused-ring (bicyclic) bond motifs is 1. The number of carboxylic acid groups (broad SMARTS) is 1. The molecule has 1 aromatic carbocycles. The second kappa shape index (κ2) is 6.41. The van der Waals surface area contributed by atoms with Crippen molar-refractivity contribution in [1.29, 1.82) is 0 Å². The molecule has 0 aliphatic rings. The number of hydrogen-bond donors (Lipinski definition) is 1. The van der Waals surface area contributed by atoms with Gasteiger partial charge in [-0.15, -0.1) is 0 Å². The summed E-state index contributed by atoms with van der Waals surface area (Å²) in [5.74, 6) is 0.0260. The third-order valence-electron chi connectivity index (χ3n) is 3.42. The predicted octanol–water partition coefficient (Wildman–Crippen LogP) is 4.57. The minimum atomic E-state index is -0.762. The lowest BCUT2D eigenvalue weighted by Gasteiger charge is -2.11. The van der Waals surface area contributed by atoms with Crippen LogP contribution in [0.4, 0.5) is 0 Å². The van der Waals surface area contributed by atoms with E-state index < -0.39 is 5.97 Å². The van der Waals surface area contributed by atoms with Gasteiger partial charge in [-0.25, -0.2) is 0 Å². The third kappa shape index (κ3) is 3.60. The van der Waals surface area contributed by atoms with Crippen molar-refractivity contribution in [2.45, 2.75) is 44.9 Å². The summed E-state index contributed by atoms with van der Waals surface area (Å²) in [4.78, 5) is 11.0. The molecule has 1 atom stereocenters. The largest absolute Gasteiger partial charge is 0.481 e. The Morgan fingerprint density at radius 3 is 2.79 bits per heavy atom. The van der Waals surface area contributed by atoms with E-state index in [1.165, 1.54) is 0 Å². The van der Waals surface area contributed by atoms with Gasteiger partial charge >= 0.3 is 5.97 Å². The fourth-order valence-corrected chi connectivity index (χ4v) is 2.40. The van der Waals surface area contributed by atoms with Gasteiger partial charge in [-0.2, -0.15) is 0 Å². The van der Waals surface area contributed by atoms with Crippen LogP contribution in [-0.2, 0) is 4.79 Å². The van der Waals surface area contributed by atoms with E-state index in [0.29, 0.717) is 0 Å². The first-order valence-corrected chi connectivity index (χ1v) is 6.91. The van der Waals surface area contributed by atoms with Gasteiger partial charge in [0, 0.05) is 11.3 Å². The molecule has 0 bridgehead atoms. The van der Waals surface area contributed by atoms with Gasteiger partial charge in [0.2, 0.25) is 0 Å². The maximum Gasteiger partial charge on any atom is 0.304 e. The van der Waals surface area contributed by atoms with E-state index in [0.717, 1.165) is 42.4 Å². The van der Waals surface area contributed by atoms with Crippen LogP contribution < -0.4 is 0 Å². The maximum atomic E-state index is 11.0. The molecule has 0 saturated heterocycles. The first-order valence-electron chi connectivity index (χ1n) is 6.91. The number of para-hydroxylation sites is 1. The molecule has 0 radical (unpaired) electrons. The van der Waals surface area contributed by atoms with E-state index in [1.54, 1.807) is 0 Å². The molecule has 0 aliphatic carbocycles. The van der Waals surface area contributed by atoms with Crippen LogP contribution in [0.15, 0.2) is 34.7 Å². The number of unbranched alkanes of at least 4 members (excludes halogenated alkanes) is 2. The number of furan rings is 1. The van der Waals surface area contributed by atoms with Gasteiger partial charge in [0.1, 0.15) is 11.3 Å². The topological polar surface area (TPSA) is 50.4 Å². The minimum absolute atomic E-state index is 0.0172. The molecule has 1 unspecified atom stereocenters. The van der Waals surface area contributed by atoms with Crippen LogP contribution in [0.1, 0.15) is 50.7 Å². The normalized spacial score (nSPS) is 12.7. The van der Waals surface area contributed by atoms with Gasteiger partial charge in [-0.05, 0) is 18.6 Å². The first kappa shape index (κ1) is 13.7. The van der Waals surface area contributed by atoms with Crippen molar-refractivity contribution in [2.75, 3.05) is 0 Å². The molecule has 0 saturated carbocycles. The van der Waals surface area contributed by atoms with Gasteiger partial charge in [-0.1, -0.05) is 44.4 Å². The van der Waals surface area contributed by atoms with Crippen molar-refractivity contribution in [2.24, 2.45) is 0 Å². The smallest absolute Gasteiger partial charge is 0.304 e. The highest BCUT2D eigenvalue weighted by Gasteiger charge is 2.19. The SMILES string of the molecule is CCCCCC(CC(=O)O)c1cc2ccccc2o1. The molecule has 3 nitrogen and oxygen atoms in total. The summed E-state index contributed by atoms with van der Waals surface area (Å²) in [7, 11) is 0. The molecular formula is C16H20O3. The highest BCUT2D eigenvalue weighted by Crippen LogP contribution is 2.31. The molecule has 0 fully saturated rings. The Hall–Kier alpha value is -1.77. The second-order valence-corrected chi connectivity index (χ2v) is 4.98. The molecule has 19 heavy (non-hydrogen) atoms. The minimum Gasteiger partial charge on any atom is -0.481 e. The first-order chi connectivity index (χ1) is 9.20. The van der Waals surface area contributed by atoms with Crippen LogP contribution in [0.25, 0.3) is 11.0 Å². The molecule has 0 amide bonds. The molecule has 3 heteroatoms. The number of carboxylic acids is 1. The number of aliphatic carboxylic acids is 1. The Balaban J connectivity index is 2.18. The van der Waals surface area contributed by atoms with Gasteiger partial charge in [0.05, 0.1) is 6.42 Å². The highest BCUT2D eigenvalue weighted by atomic mass is 16.4. The average Bonchev–Trinajstić information content (AvgIpc) is 2.81. The molecule has 0 spiro atoms. The van der Waals surface area contributed by atoms with Crippen LogP contribution >= 0.6 is 0 Å². The summed E-state index contributed by atoms with van der Waals surface area (Å²) in [6.45, 7) is 2.15. The van der Waals surface area contributed by atoms with Crippen molar-refractivity contribution < 1.29 is 14.3 Å². The summed E-state index contributed by atoms with van der Waals surface area (Å²) in [5, 5.41) is 10.1. The van der Waals surface area contributed by atoms with E-state index in [9.17, 15) is 4.79 Å². The Bertz CT molecular complexity index is 509.